The van der Waals surface area contributed by atoms with Crippen LogP contribution < -0.4 is 9.47 Å². The van der Waals surface area contributed by atoms with E-state index in [4.69, 9.17) is 25.8 Å². The first-order valence-electron chi connectivity index (χ1n) is 8.12. The molecule has 4 nitrogen and oxygen atoms in total. The molecule has 1 atom stereocenters. The van der Waals surface area contributed by atoms with Crippen molar-refractivity contribution in [3.63, 3.8) is 0 Å². The minimum absolute atomic E-state index is 0.143. The van der Waals surface area contributed by atoms with Gasteiger partial charge in [-0.2, -0.15) is 0 Å². The Morgan fingerprint density at radius 3 is 2.35 bits per heavy atom. The third-order valence-corrected chi connectivity index (χ3v) is 3.91. The van der Waals surface area contributed by atoms with Gasteiger partial charge in [0.05, 0.1) is 11.1 Å². The van der Waals surface area contributed by atoms with Gasteiger partial charge in [-0.3, -0.25) is 0 Å². The van der Waals surface area contributed by atoms with Gasteiger partial charge in [-0.05, 0) is 69.3 Å². The highest BCUT2D eigenvalue weighted by Gasteiger charge is 2.06. The summed E-state index contributed by atoms with van der Waals surface area (Å²) in [6, 6.07) is 12.6. The Hall–Kier alpha value is -1.98. The van der Waals surface area contributed by atoms with Crippen LogP contribution in [0, 0.1) is 0 Å². The Kier molecular flexibility index (Phi) is 7.54. The maximum absolute atomic E-state index is 11.5. The van der Waals surface area contributed by atoms with Crippen molar-refractivity contribution in [2.45, 2.75) is 33.0 Å². The van der Waals surface area contributed by atoms with E-state index in [1.54, 1.807) is 56.3 Å². The summed E-state index contributed by atoms with van der Waals surface area (Å²) in [5, 5.41) is 0.520. The van der Waals surface area contributed by atoms with E-state index in [1.807, 2.05) is 13.0 Å². The van der Waals surface area contributed by atoms with E-state index in [2.05, 4.69) is 15.9 Å². The lowest BCUT2D eigenvalue weighted by Gasteiger charge is -2.12. The molecule has 0 heterocycles. The van der Waals surface area contributed by atoms with Crippen molar-refractivity contribution in [1.29, 1.82) is 0 Å². The van der Waals surface area contributed by atoms with Gasteiger partial charge in [0.1, 0.15) is 23.4 Å². The van der Waals surface area contributed by atoms with E-state index in [-0.39, 0.29) is 18.2 Å². The van der Waals surface area contributed by atoms with Crippen LogP contribution in [0.1, 0.15) is 20.8 Å². The molecule has 0 amide bonds. The van der Waals surface area contributed by atoms with Crippen molar-refractivity contribution in [3.05, 3.63) is 64.1 Å². The highest BCUT2D eigenvalue weighted by atomic mass is 79.9. The SMILES string of the molecule is CC(C)OC(=O)C=CC(C)Oc1ccc(Oc2ccc(Br)cc2Cl)cc1. The highest BCUT2D eigenvalue weighted by molar-refractivity contribution is 9.10. The molecule has 0 aliphatic rings. The smallest absolute Gasteiger partial charge is 0.330 e. The monoisotopic (exact) mass is 438 g/mol. The van der Waals surface area contributed by atoms with Crippen LogP contribution in [0.2, 0.25) is 5.02 Å². The number of halogens is 2. The molecule has 0 fully saturated rings. The second-order valence-electron chi connectivity index (χ2n) is 5.82. The van der Waals surface area contributed by atoms with E-state index in [0.717, 1.165) is 4.47 Å². The minimum atomic E-state index is -0.384. The molecule has 0 radical (unpaired) electrons. The molecule has 0 aliphatic heterocycles. The molecule has 0 spiro atoms. The van der Waals surface area contributed by atoms with Crippen LogP contribution in [-0.2, 0) is 9.53 Å². The molecule has 0 saturated carbocycles. The fraction of sp³-hybridized carbons (Fsp3) is 0.250. The average molecular weight is 440 g/mol. The number of rotatable bonds is 7. The molecule has 0 aliphatic carbocycles. The maximum atomic E-state index is 11.5. The lowest BCUT2D eigenvalue weighted by Crippen LogP contribution is -2.12. The summed E-state index contributed by atoms with van der Waals surface area (Å²) < 4.78 is 17.4. The molecule has 2 aromatic carbocycles. The molecule has 0 saturated heterocycles. The molecule has 0 aromatic heterocycles. The van der Waals surface area contributed by atoms with Gasteiger partial charge in [0, 0.05) is 10.5 Å². The molecule has 2 aromatic rings. The van der Waals surface area contributed by atoms with Crippen LogP contribution in [0.15, 0.2) is 59.1 Å². The standard InChI is InChI=1S/C20H20BrClO4/c1-13(2)24-20(23)11-4-14(3)25-16-6-8-17(9-7-16)26-19-10-5-15(21)12-18(19)22/h4-14H,1-3H3. The van der Waals surface area contributed by atoms with E-state index < -0.39 is 0 Å². The van der Waals surface area contributed by atoms with Gasteiger partial charge >= 0.3 is 5.97 Å². The minimum Gasteiger partial charge on any atom is -0.487 e. The third kappa shape index (κ3) is 6.73. The number of ether oxygens (including phenoxy) is 3. The molecule has 0 bridgehead atoms. The summed E-state index contributed by atoms with van der Waals surface area (Å²) in [6.45, 7) is 5.44. The second kappa shape index (κ2) is 9.64. The third-order valence-electron chi connectivity index (χ3n) is 3.12. The number of hydrogen-bond donors (Lipinski definition) is 0. The van der Waals surface area contributed by atoms with Crippen LogP contribution in [0.4, 0.5) is 0 Å². The van der Waals surface area contributed by atoms with Crippen LogP contribution in [0.25, 0.3) is 0 Å². The predicted molar refractivity (Wildman–Crippen MR) is 106 cm³/mol. The first kappa shape index (κ1) is 20.3. The van der Waals surface area contributed by atoms with Crippen LogP contribution >= 0.6 is 27.5 Å². The average Bonchev–Trinajstić information content (AvgIpc) is 2.57. The van der Waals surface area contributed by atoms with Gasteiger partial charge in [0.15, 0.2) is 0 Å². The van der Waals surface area contributed by atoms with E-state index in [1.165, 1.54) is 6.08 Å². The zero-order chi connectivity index (χ0) is 19.1. The van der Waals surface area contributed by atoms with Crippen LogP contribution in [-0.4, -0.2) is 18.2 Å². The number of carbonyl (C=O) groups excluding carboxylic acids is 1. The van der Waals surface area contributed by atoms with Gasteiger partial charge < -0.3 is 14.2 Å². The molecule has 1 unspecified atom stereocenters. The van der Waals surface area contributed by atoms with Crippen molar-refractivity contribution in [2.24, 2.45) is 0 Å². The van der Waals surface area contributed by atoms with Gasteiger partial charge in [0.2, 0.25) is 0 Å². The first-order chi connectivity index (χ1) is 12.3. The van der Waals surface area contributed by atoms with Crippen LogP contribution in [0.5, 0.6) is 17.2 Å². The van der Waals surface area contributed by atoms with Gasteiger partial charge in [-0.15, -0.1) is 0 Å². The molecule has 2 rings (SSSR count). The summed E-state index contributed by atoms with van der Waals surface area (Å²) in [6.07, 6.45) is 2.60. The number of hydrogen-bond acceptors (Lipinski definition) is 4. The van der Waals surface area contributed by atoms with Crippen molar-refractivity contribution in [3.8, 4) is 17.2 Å². The van der Waals surface area contributed by atoms with E-state index in [0.29, 0.717) is 22.3 Å². The van der Waals surface area contributed by atoms with E-state index >= 15 is 0 Å². The van der Waals surface area contributed by atoms with Gasteiger partial charge in [-0.25, -0.2) is 4.79 Å². The second-order valence-corrected chi connectivity index (χ2v) is 7.14. The number of benzene rings is 2. The van der Waals surface area contributed by atoms with Crippen molar-refractivity contribution < 1.29 is 19.0 Å². The molecule has 138 valence electrons. The summed E-state index contributed by atoms with van der Waals surface area (Å²) in [4.78, 5) is 11.5. The molecular formula is C20H20BrClO4. The first-order valence-corrected chi connectivity index (χ1v) is 9.29. The molecule has 26 heavy (non-hydrogen) atoms. The maximum Gasteiger partial charge on any atom is 0.330 e. The molecule has 6 heteroatoms. The lowest BCUT2D eigenvalue weighted by atomic mass is 10.3. The quantitative estimate of drug-likeness (QED) is 0.382. The van der Waals surface area contributed by atoms with Crippen LogP contribution in [0.3, 0.4) is 0 Å². The highest BCUT2D eigenvalue weighted by Crippen LogP contribution is 2.32. The van der Waals surface area contributed by atoms with E-state index in [9.17, 15) is 4.79 Å². The fourth-order valence-electron chi connectivity index (χ4n) is 2.01. The molecular weight excluding hydrogens is 420 g/mol. The number of carbonyl (C=O) groups is 1. The summed E-state index contributed by atoms with van der Waals surface area (Å²) in [5.74, 6) is 1.49. The molecule has 0 N–H and O–H groups in total. The lowest BCUT2D eigenvalue weighted by molar-refractivity contribution is -0.141. The van der Waals surface area contributed by atoms with Crippen molar-refractivity contribution in [2.75, 3.05) is 0 Å². The predicted octanol–water partition coefficient (Wildman–Crippen LogP) is 6.17. The normalized spacial score (nSPS) is 12.2. The van der Waals surface area contributed by atoms with Gasteiger partial charge in [-0.1, -0.05) is 27.5 Å². The topological polar surface area (TPSA) is 44.8 Å². The summed E-state index contributed by atoms with van der Waals surface area (Å²) >= 11 is 9.50. The van der Waals surface area contributed by atoms with Crippen molar-refractivity contribution in [1.82, 2.24) is 0 Å². The fourth-order valence-corrected chi connectivity index (χ4v) is 2.72. The number of esters is 1. The van der Waals surface area contributed by atoms with Gasteiger partial charge in [0.25, 0.3) is 0 Å². The Bertz CT molecular complexity index is 772. The largest absolute Gasteiger partial charge is 0.487 e. The zero-order valence-corrected chi connectivity index (χ0v) is 17.1. The Labute approximate surface area is 166 Å². The Morgan fingerprint density at radius 1 is 1.08 bits per heavy atom. The summed E-state index contributed by atoms with van der Waals surface area (Å²) in [7, 11) is 0. The Morgan fingerprint density at radius 2 is 1.73 bits per heavy atom. The summed E-state index contributed by atoms with van der Waals surface area (Å²) in [5.41, 5.74) is 0. The Balaban J connectivity index is 1.92. The van der Waals surface area contributed by atoms with Crippen molar-refractivity contribution >= 4 is 33.5 Å². The zero-order valence-electron chi connectivity index (χ0n) is 14.7.